The van der Waals surface area contributed by atoms with Gasteiger partial charge in [-0.05, 0) is 48.0 Å². The van der Waals surface area contributed by atoms with Crippen molar-refractivity contribution >= 4 is 54.8 Å². The second-order valence-electron chi connectivity index (χ2n) is 17.9. The molecule has 0 spiro atoms. The monoisotopic (exact) mass is 933 g/mol. The summed E-state index contributed by atoms with van der Waals surface area (Å²) in [7, 11) is 0. The predicted octanol–water partition coefficient (Wildman–Crippen LogP) is 15.1. The molecule has 0 atom stereocenters. The van der Waals surface area contributed by atoms with Crippen molar-refractivity contribution in [2.45, 2.75) is 0 Å². The molecule has 0 aliphatic carbocycles. The van der Waals surface area contributed by atoms with Crippen molar-refractivity contribution in [3.8, 4) is 84.9 Å². The summed E-state index contributed by atoms with van der Waals surface area (Å²) in [5.74, 6) is 1.54. The lowest BCUT2D eigenvalue weighted by Gasteiger charge is -2.13. The standard InChI is InChI=1S/C64H39N9/c1-3-16-41(17-4-1)58-60(68-52-27-10-8-25-50(52)66-58)43-31-35-45(36-32-43)62-70-63(46-37-33-44(34-38-46)61-59(42-18-5-2-6-19-42)67-51-26-9-11-28-53(51)69-61)72-64(71-62)73-54-29-12-7-22-49(54)56-47(23-14-30-55(56)73)48-24-13-20-40-21-15-39-65-57(40)48/h1-39H. The molecule has 0 radical (unpaired) electrons. The average molecular weight is 934 g/mol. The molecule has 73 heavy (non-hydrogen) atoms. The normalized spacial score (nSPS) is 11.6. The quantitative estimate of drug-likeness (QED) is 0.148. The Morgan fingerprint density at radius 3 is 1.26 bits per heavy atom. The van der Waals surface area contributed by atoms with E-state index in [0.29, 0.717) is 17.6 Å². The summed E-state index contributed by atoms with van der Waals surface area (Å²) in [6.45, 7) is 0. The minimum Gasteiger partial charge on any atom is -0.278 e. The van der Waals surface area contributed by atoms with E-state index in [2.05, 4.69) is 144 Å². The van der Waals surface area contributed by atoms with Gasteiger partial charge in [0.25, 0.3) is 0 Å². The number of aromatic nitrogens is 9. The lowest BCUT2D eigenvalue weighted by Crippen LogP contribution is -2.06. The van der Waals surface area contributed by atoms with E-state index in [1.807, 2.05) is 97.2 Å². The Kier molecular flexibility index (Phi) is 9.96. The third-order valence-corrected chi connectivity index (χ3v) is 13.5. The maximum absolute atomic E-state index is 5.35. The molecule has 14 aromatic rings. The van der Waals surface area contributed by atoms with Crippen LogP contribution < -0.4 is 0 Å². The number of hydrogen-bond acceptors (Lipinski definition) is 8. The highest BCUT2D eigenvalue weighted by atomic mass is 15.2. The van der Waals surface area contributed by atoms with Gasteiger partial charge in [-0.15, -0.1) is 0 Å². The van der Waals surface area contributed by atoms with E-state index < -0.39 is 0 Å². The van der Waals surface area contributed by atoms with E-state index in [1.54, 1.807) is 0 Å². The summed E-state index contributed by atoms with van der Waals surface area (Å²) in [5.41, 5.74) is 17.1. The zero-order valence-electron chi connectivity index (χ0n) is 39.0. The molecule has 14 rings (SSSR count). The zero-order chi connectivity index (χ0) is 48.2. The van der Waals surface area contributed by atoms with Gasteiger partial charge in [-0.25, -0.2) is 24.9 Å². The van der Waals surface area contributed by atoms with E-state index in [-0.39, 0.29) is 0 Å². The van der Waals surface area contributed by atoms with E-state index in [9.17, 15) is 0 Å². The fourth-order valence-corrected chi connectivity index (χ4v) is 10.1. The molecular formula is C64H39N9. The Bertz CT molecular complexity index is 4230. The van der Waals surface area contributed by atoms with Crippen molar-refractivity contribution < 1.29 is 0 Å². The maximum atomic E-state index is 5.35. The van der Waals surface area contributed by atoms with Crippen LogP contribution >= 0.6 is 0 Å². The molecule has 0 saturated carbocycles. The van der Waals surface area contributed by atoms with Crippen molar-refractivity contribution in [3.63, 3.8) is 0 Å². The first kappa shape index (κ1) is 41.8. The Labute approximate surface area is 418 Å². The van der Waals surface area contributed by atoms with Crippen LogP contribution in [0.5, 0.6) is 0 Å². The van der Waals surface area contributed by atoms with Crippen molar-refractivity contribution in [2.75, 3.05) is 0 Å². The van der Waals surface area contributed by atoms with Gasteiger partial charge < -0.3 is 0 Å². The number of fused-ring (bicyclic) bond motifs is 6. The minimum atomic E-state index is 0.492. The number of para-hydroxylation sites is 6. The summed E-state index contributed by atoms with van der Waals surface area (Å²) < 4.78 is 2.16. The Balaban J connectivity index is 0.949. The number of rotatable bonds is 8. The number of hydrogen-bond donors (Lipinski definition) is 0. The van der Waals surface area contributed by atoms with Crippen LogP contribution in [0.2, 0.25) is 0 Å². The molecular weight excluding hydrogens is 895 g/mol. The predicted molar refractivity (Wildman–Crippen MR) is 294 cm³/mol. The summed E-state index contributed by atoms with van der Waals surface area (Å²) in [5, 5.41) is 3.25. The fourth-order valence-electron chi connectivity index (χ4n) is 10.1. The van der Waals surface area contributed by atoms with Crippen LogP contribution in [0.1, 0.15) is 0 Å². The van der Waals surface area contributed by atoms with Gasteiger partial charge in [-0.1, -0.05) is 188 Å². The van der Waals surface area contributed by atoms with Crippen molar-refractivity contribution in [1.29, 1.82) is 0 Å². The molecule has 0 unspecified atom stereocenters. The third-order valence-electron chi connectivity index (χ3n) is 13.5. The van der Waals surface area contributed by atoms with Gasteiger partial charge >= 0.3 is 0 Å². The van der Waals surface area contributed by atoms with Gasteiger partial charge in [0, 0.05) is 61.3 Å². The molecule has 9 nitrogen and oxygen atoms in total. The van der Waals surface area contributed by atoms with E-state index in [1.165, 1.54) is 0 Å². The van der Waals surface area contributed by atoms with Gasteiger partial charge in [-0.3, -0.25) is 9.55 Å². The first-order valence-electron chi connectivity index (χ1n) is 24.2. The van der Waals surface area contributed by atoms with Gasteiger partial charge in [0.05, 0.1) is 61.4 Å². The summed E-state index contributed by atoms with van der Waals surface area (Å²) in [6.07, 6.45) is 1.86. The number of pyridine rings is 1. The van der Waals surface area contributed by atoms with Crippen LogP contribution in [0.3, 0.4) is 0 Å². The third kappa shape index (κ3) is 7.34. The van der Waals surface area contributed by atoms with Gasteiger partial charge in [0.2, 0.25) is 5.95 Å². The molecule has 0 saturated heterocycles. The molecule has 0 aliphatic heterocycles. The largest absolute Gasteiger partial charge is 0.278 e. The van der Waals surface area contributed by atoms with Crippen molar-refractivity contribution in [1.82, 2.24) is 44.4 Å². The highest BCUT2D eigenvalue weighted by molar-refractivity contribution is 6.17. The SMILES string of the molecule is c1ccc(-c2nc3ccccc3nc2-c2ccc(-c3nc(-c4ccc(-c5nc6ccccc6nc5-c5ccccc5)cc4)nc(-n4c5ccccc5c5c(-c6cccc7cccnc67)cccc54)n3)cc2)cc1. The van der Waals surface area contributed by atoms with Crippen LogP contribution in [0, 0.1) is 0 Å². The molecule has 9 heteroatoms. The smallest absolute Gasteiger partial charge is 0.238 e. The van der Waals surface area contributed by atoms with E-state index in [0.717, 1.165) is 122 Å². The fraction of sp³-hybridized carbons (Fsp3) is 0. The van der Waals surface area contributed by atoms with Crippen LogP contribution in [-0.4, -0.2) is 44.4 Å². The van der Waals surface area contributed by atoms with Crippen LogP contribution in [0.4, 0.5) is 0 Å². The van der Waals surface area contributed by atoms with Crippen LogP contribution in [0.15, 0.2) is 237 Å². The molecule has 9 aromatic carbocycles. The van der Waals surface area contributed by atoms with Crippen molar-refractivity contribution in [3.05, 3.63) is 237 Å². The molecule has 0 bridgehead atoms. The number of benzene rings is 9. The Morgan fingerprint density at radius 2 is 0.712 bits per heavy atom. The molecule has 0 aliphatic rings. The van der Waals surface area contributed by atoms with E-state index in [4.69, 9.17) is 39.9 Å². The molecule has 0 N–H and O–H groups in total. The average Bonchev–Trinajstić information content (AvgIpc) is 3.81. The van der Waals surface area contributed by atoms with Gasteiger partial charge in [0.1, 0.15) is 0 Å². The molecule has 0 amide bonds. The Morgan fingerprint density at radius 1 is 0.288 bits per heavy atom. The highest BCUT2D eigenvalue weighted by Crippen LogP contribution is 2.41. The summed E-state index contributed by atoms with van der Waals surface area (Å²) >= 11 is 0. The minimum absolute atomic E-state index is 0.492. The number of nitrogens with zero attached hydrogens (tertiary/aromatic N) is 9. The summed E-state index contributed by atoms with van der Waals surface area (Å²) in [6, 6.07) is 78.4. The second-order valence-corrected chi connectivity index (χ2v) is 17.9. The van der Waals surface area contributed by atoms with E-state index >= 15 is 0 Å². The van der Waals surface area contributed by atoms with Crippen LogP contribution in [0.25, 0.3) is 140 Å². The summed E-state index contributed by atoms with van der Waals surface area (Å²) in [4.78, 5) is 41.4. The molecule has 340 valence electrons. The second kappa shape index (κ2) is 17.4. The molecule has 0 fully saturated rings. The maximum Gasteiger partial charge on any atom is 0.238 e. The van der Waals surface area contributed by atoms with Crippen LogP contribution in [-0.2, 0) is 0 Å². The van der Waals surface area contributed by atoms with Gasteiger partial charge in [-0.2, -0.15) is 9.97 Å². The topological polar surface area (TPSA) is 108 Å². The Hall–Kier alpha value is -10.1. The zero-order valence-corrected chi connectivity index (χ0v) is 39.0. The first-order chi connectivity index (χ1) is 36.2. The van der Waals surface area contributed by atoms with Crippen molar-refractivity contribution in [2.24, 2.45) is 0 Å². The van der Waals surface area contributed by atoms with Gasteiger partial charge in [0.15, 0.2) is 11.6 Å². The first-order valence-corrected chi connectivity index (χ1v) is 24.2. The lowest BCUT2D eigenvalue weighted by molar-refractivity contribution is 0.953. The molecule has 5 heterocycles. The molecule has 5 aromatic heterocycles. The highest BCUT2D eigenvalue weighted by Gasteiger charge is 2.22. The lowest BCUT2D eigenvalue weighted by atomic mass is 9.97.